The molecule has 0 heterocycles. The minimum atomic E-state index is -4.08. The number of amides is 1. The van der Waals surface area contributed by atoms with Crippen molar-refractivity contribution in [3.05, 3.63) is 117 Å². The summed E-state index contributed by atoms with van der Waals surface area (Å²) < 4.78 is 40.2. The number of aryl methyl sites for hydroxylation is 2. The fourth-order valence-corrected chi connectivity index (χ4v) is 6.09. The van der Waals surface area contributed by atoms with Crippen LogP contribution in [0.4, 0.5) is 5.69 Å². The Balaban J connectivity index is 1.48. The van der Waals surface area contributed by atoms with Gasteiger partial charge in [-0.05, 0) is 83.4 Å². The van der Waals surface area contributed by atoms with Crippen LogP contribution in [-0.2, 0) is 21.4 Å². The molecule has 0 unspecified atom stereocenters. The van der Waals surface area contributed by atoms with Gasteiger partial charge in [0, 0.05) is 5.02 Å². The lowest BCUT2D eigenvalue weighted by atomic mass is 10.2. The number of methoxy groups -OCH3 is 1. The summed E-state index contributed by atoms with van der Waals surface area (Å²) in [6.07, 6.45) is 1.42. The standard InChI is InChI=1S/C31H29BrClN3O5S/c1-21-7-11-23(12-8-21)20-41-31-28(32)15-24(16-29(31)40-3)18-34-35-30(37)19-36(26-6-4-5-25(33)17-26)42(38,39)27-13-9-22(2)10-14-27/h4-18H,19-20H2,1-3H3,(H,35,37)/b34-18-. The minimum Gasteiger partial charge on any atom is -0.493 e. The number of sulfonamides is 1. The van der Waals surface area contributed by atoms with E-state index in [9.17, 15) is 13.2 Å². The van der Waals surface area contributed by atoms with E-state index in [1.807, 2.05) is 38.1 Å². The molecule has 0 aliphatic heterocycles. The molecule has 0 bridgehead atoms. The van der Waals surface area contributed by atoms with Crippen molar-refractivity contribution >= 4 is 55.4 Å². The maximum atomic E-state index is 13.5. The molecule has 42 heavy (non-hydrogen) atoms. The second-order valence-corrected chi connectivity index (χ2v) is 12.6. The minimum absolute atomic E-state index is 0.0472. The Morgan fingerprint density at radius 1 is 1.00 bits per heavy atom. The number of halogens is 2. The number of carbonyl (C=O) groups excluding carboxylic acids is 1. The smallest absolute Gasteiger partial charge is 0.264 e. The van der Waals surface area contributed by atoms with Gasteiger partial charge in [0.1, 0.15) is 13.2 Å². The van der Waals surface area contributed by atoms with Crippen LogP contribution < -0.4 is 19.2 Å². The van der Waals surface area contributed by atoms with Gasteiger partial charge in [-0.25, -0.2) is 13.8 Å². The zero-order valence-electron chi connectivity index (χ0n) is 23.2. The van der Waals surface area contributed by atoms with Crippen molar-refractivity contribution in [3.8, 4) is 11.5 Å². The lowest BCUT2D eigenvalue weighted by Gasteiger charge is -2.24. The number of nitrogens with zero attached hydrogens (tertiary/aromatic N) is 2. The Morgan fingerprint density at radius 3 is 2.31 bits per heavy atom. The van der Waals surface area contributed by atoms with Crippen LogP contribution in [0.3, 0.4) is 0 Å². The van der Waals surface area contributed by atoms with Crippen LogP contribution in [0.15, 0.2) is 99.4 Å². The van der Waals surface area contributed by atoms with Crippen molar-refractivity contribution in [3.63, 3.8) is 0 Å². The van der Waals surface area contributed by atoms with E-state index in [1.54, 1.807) is 42.5 Å². The normalized spacial score (nSPS) is 11.4. The highest BCUT2D eigenvalue weighted by Crippen LogP contribution is 2.37. The molecular weight excluding hydrogens is 642 g/mol. The molecule has 0 radical (unpaired) electrons. The first kappa shape index (κ1) is 31.1. The number of benzene rings is 4. The Kier molecular flexibility index (Phi) is 10.3. The van der Waals surface area contributed by atoms with Crippen LogP contribution in [0.5, 0.6) is 11.5 Å². The van der Waals surface area contributed by atoms with Crippen molar-refractivity contribution in [1.29, 1.82) is 0 Å². The van der Waals surface area contributed by atoms with Gasteiger partial charge in [0.2, 0.25) is 0 Å². The summed E-state index contributed by atoms with van der Waals surface area (Å²) in [5.74, 6) is 0.351. The van der Waals surface area contributed by atoms with E-state index in [2.05, 4.69) is 26.5 Å². The van der Waals surface area contributed by atoms with Gasteiger partial charge in [-0.1, -0.05) is 65.2 Å². The highest BCUT2D eigenvalue weighted by molar-refractivity contribution is 9.10. The van der Waals surface area contributed by atoms with Gasteiger partial charge in [-0.2, -0.15) is 5.10 Å². The number of hydrogen-bond acceptors (Lipinski definition) is 6. The SMILES string of the molecule is COc1cc(/C=N\NC(=O)CN(c2cccc(Cl)c2)S(=O)(=O)c2ccc(C)cc2)cc(Br)c1OCc1ccc(C)cc1. The summed E-state index contributed by atoms with van der Waals surface area (Å²) in [4.78, 5) is 12.9. The van der Waals surface area contributed by atoms with Gasteiger partial charge >= 0.3 is 0 Å². The summed E-state index contributed by atoms with van der Waals surface area (Å²) in [5.41, 5.74) is 6.35. The molecular formula is C31H29BrClN3O5S. The quantitative estimate of drug-likeness (QED) is 0.142. The number of rotatable bonds is 11. The molecule has 8 nitrogen and oxygen atoms in total. The zero-order valence-corrected chi connectivity index (χ0v) is 26.3. The predicted molar refractivity (Wildman–Crippen MR) is 169 cm³/mol. The molecule has 0 atom stereocenters. The molecule has 1 N–H and O–H groups in total. The van der Waals surface area contributed by atoms with Crippen LogP contribution >= 0.6 is 27.5 Å². The summed E-state index contributed by atoms with van der Waals surface area (Å²) in [6.45, 7) is 3.71. The van der Waals surface area contributed by atoms with E-state index < -0.39 is 22.5 Å². The fourth-order valence-electron chi connectivity index (χ4n) is 3.92. The topological polar surface area (TPSA) is 97.3 Å². The first-order chi connectivity index (χ1) is 20.1. The molecule has 1 amide bonds. The molecule has 0 aliphatic rings. The van der Waals surface area contributed by atoms with E-state index in [4.69, 9.17) is 21.1 Å². The van der Waals surface area contributed by atoms with E-state index in [-0.39, 0.29) is 10.6 Å². The molecule has 0 fully saturated rings. The summed E-state index contributed by atoms with van der Waals surface area (Å²) >= 11 is 9.65. The number of hydrogen-bond donors (Lipinski definition) is 1. The second-order valence-electron chi connectivity index (χ2n) is 9.41. The van der Waals surface area contributed by atoms with Gasteiger partial charge in [-0.3, -0.25) is 9.10 Å². The molecule has 218 valence electrons. The van der Waals surface area contributed by atoms with E-state index in [0.29, 0.717) is 33.2 Å². The van der Waals surface area contributed by atoms with Crippen molar-refractivity contribution < 1.29 is 22.7 Å². The highest BCUT2D eigenvalue weighted by atomic mass is 79.9. The van der Waals surface area contributed by atoms with E-state index >= 15 is 0 Å². The second kappa shape index (κ2) is 13.9. The van der Waals surface area contributed by atoms with Gasteiger partial charge in [0.15, 0.2) is 11.5 Å². The third-order valence-corrected chi connectivity index (χ3v) is 8.76. The predicted octanol–water partition coefficient (Wildman–Crippen LogP) is 6.65. The lowest BCUT2D eigenvalue weighted by molar-refractivity contribution is -0.119. The maximum absolute atomic E-state index is 13.5. The van der Waals surface area contributed by atoms with Crippen LogP contribution in [0.2, 0.25) is 5.02 Å². The van der Waals surface area contributed by atoms with E-state index in [1.165, 1.54) is 37.1 Å². The Labute approximate surface area is 259 Å². The average Bonchev–Trinajstić information content (AvgIpc) is 2.96. The van der Waals surface area contributed by atoms with Crippen LogP contribution in [0.1, 0.15) is 22.3 Å². The van der Waals surface area contributed by atoms with Crippen molar-refractivity contribution in [1.82, 2.24) is 5.43 Å². The van der Waals surface area contributed by atoms with Gasteiger partial charge < -0.3 is 9.47 Å². The molecule has 4 aromatic carbocycles. The summed E-state index contributed by atoms with van der Waals surface area (Å²) in [5, 5.41) is 4.37. The van der Waals surface area contributed by atoms with Crippen molar-refractivity contribution in [2.75, 3.05) is 18.0 Å². The zero-order chi connectivity index (χ0) is 30.3. The number of nitrogens with one attached hydrogen (secondary N) is 1. The van der Waals surface area contributed by atoms with Crippen molar-refractivity contribution in [2.45, 2.75) is 25.3 Å². The third kappa shape index (κ3) is 7.90. The summed E-state index contributed by atoms with van der Waals surface area (Å²) in [7, 11) is -2.55. The molecule has 4 aromatic rings. The highest BCUT2D eigenvalue weighted by Gasteiger charge is 2.27. The van der Waals surface area contributed by atoms with E-state index in [0.717, 1.165) is 15.4 Å². The molecule has 4 rings (SSSR count). The monoisotopic (exact) mass is 669 g/mol. The molecule has 0 saturated carbocycles. The van der Waals surface area contributed by atoms with Crippen molar-refractivity contribution in [2.24, 2.45) is 5.10 Å². The molecule has 0 spiro atoms. The number of ether oxygens (including phenoxy) is 2. The number of carbonyl (C=O) groups is 1. The first-order valence-electron chi connectivity index (χ1n) is 12.8. The fraction of sp³-hybridized carbons (Fsp3) is 0.161. The van der Waals surface area contributed by atoms with Gasteiger partial charge in [-0.15, -0.1) is 0 Å². The molecule has 0 aliphatic carbocycles. The van der Waals surface area contributed by atoms with Crippen LogP contribution in [0, 0.1) is 13.8 Å². The average molecular weight is 671 g/mol. The lowest BCUT2D eigenvalue weighted by Crippen LogP contribution is -2.39. The molecule has 11 heteroatoms. The largest absolute Gasteiger partial charge is 0.493 e. The third-order valence-electron chi connectivity index (χ3n) is 6.15. The Bertz CT molecular complexity index is 1700. The molecule has 0 saturated heterocycles. The maximum Gasteiger partial charge on any atom is 0.264 e. The van der Waals surface area contributed by atoms with Gasteiger partial charge in [0.05, 0.1) is 28.4 Å². The van der Waals surface area contributed by atoms with Gasteiger partial charge in [0.25, 0.3) is 15.9 Å². The Morgan fingerprint density at radius 2 is 1.67 bits per heavy atom. The number of hydrazone groups is 1. The first-order valence-corrected chi connectivity index (χ1v) is 15.4. The Hall–Kier alpha value is -3.86. The number of anilines is 1. The van der Waals surface area contributed by atoms with Crippen LogP contribution in [0.25, 0.3) is 0 Å². The molecule has 0 aromatic heterocycles. The summed E-state index contributed by atoms with van der Waals surface area (Å²) in [6, 6.07) is 24.2. The van der Waals surface area contributed by atoms with Crippen LogP contribution in [-0.4, -0.2) is 34.2 Å².